The van der Waals surface area contributed by atoms with Gasteiger partial charge in [-0.1, -0.05) is 25.3 Å². The number of hydrogen-bond donors (Lipinski definition) is 1. The largest absolute Gasteiger partial charge is 0.322 e. The fourth-order valence-electron chi connectivity index (χ4n) is 2.31. The number of pyridine rings is 1. The molecule has 1 aliphatic carbocycles. The summed E-state index contributed by atoms with van der Waals surface area (Å²) >= 11 is 0. The minimum absolute atomic E-state index is 0.150. The summed E-state index contributed by atoms with van der Waals surface area (Å²) in [6.07, 6.45) is 8.44. The van der Waals surface area contributed by atoms with Gasteiger partial charge in [-0.2, -0.15) is 0 Å². The van der Waals surface area contributed by atoms with Gasteiger partial charge >= 0.3 is 0 Å². The zero-order valence-electron chi connectivity index (χ0n) is 8.52. The van der Waals surface area contributed by atoms with Crippen molar-refractivity contribution in [1.82, 2.24) is 4.98 Å². The second kappa shape index (κ2) is 4.56. The fraction of sp³-hybridized carbons (Fsp3) is 0.583. The van der Waals surface area contributed by atoms with Gasteiger partial charge in [0, 0.05) is 12.2 Å². The maximum atomic E-state index is 6.21. The predicted molar refractivity (Wildman–Crippen MR) is 57.7 cm³/mol. The summed E-state index contributed by atoms with van der Waals surface area (Å²) in [7, 11) is 0. The highest BCUT2D eigenvalue weighted by Crippen LogP contribution is 2.31. The lowest BCUT2D eigenvalue weighted by Gasteiger charge is -2.26. The van der Waals surface area contributed by atoms with E-state index in [1.54, 1.807) is 0 Å². The Labute approximate surface area is 85.5 Å². The Hall–Kier alpha value is -0.890. The minimum Gasteiger partial charge on any atom is -0.322 e. The van der Waals surface area contributed by atoms with Crippen LogP contribution in [-0.2, 0) is 0 Å². The first-order valence-corrected chi connectivity index (χ1v) is 5.54. The fourth-order valence-corrected chi connectivity index (χ4v) is 2.31. The molecule has 1 fully saturated rings. The first-order valence-electron chi connectivity index (χ1n) is 5.54. The first-order chi connectivity index (χ1) is 6.88. The van der Waals surface area contributed by atoms with Gasteiger partial charge in [0.05, 0.1) is 5.69 Å². The summed E-state index contributed by atoms with van der Waals surface area (Å²) < 4.78 is 0. The molecule has 1 heterocycles. The van der Waals surface area contributed by atoms with Crippen LogP contribution in [0.25, 0.3) is 0 Å². The van der Waals surface area contributed by atoms with Crippen LogP contribution >= 0.6 is 0 Å². The monoisotopic (exact) mass is 190 g/mol. The predicted octanol–water partition coefficient (Wildman–Crippen LogP) is 2.66. The highest BCUT2D eigenvalue weighted by molar-refractivity contribution is 5.09. The lowest BCUT2D eigenvalue weighted by atomic mass is 9.83. The molecule has 1 aliphatic rings. The number of hydrogen-bond acceptors (Lipinski definition) is 2. The van der Waals surface area contributed by atoms with Crippen LogP contribution in [0.4, 0.5) is 0 Å². The van der Waals surface area contributed by atoms with Crippen LogP contribution in [0.2, 0.25) is 0 Å². The number of aromatic nitrogens is 1. The van der Waals surface area contributed by atoms with Gasteiger partial charge < -0.3 is 5.73 Å². The summed E-state index contributed by atoms with van der Waals surface area (Å²) in [5.41, 5.74) is 7.26. The minimum atomic E-state index is 0.150. The molecule has 0 radical (unpaired) electrons. The molecule has 1 saturated carbocycles. The first kappa shape index (κ1) is 9.66. The van der Waals surface area contributed by atoms with Gasteiger partial charge in [0.2, 0.25) is 0 Å². The molecule has 1 aromatic heterocycles. The number of nitrogens with zero attached hydrogens (tertiary/aromatic N) is 1. The standard InChI is InChI=1S/C12H18N2/c13-12(10-6-2-1-3-7-10)11-8-4-5-9-14-11/h4-5,8-10,12H,1-3,6-7,13H2/t12-/m0/s1. The molecular formula is C12H18N2. The van der Waals surface area contributed by atoms with Crippen LogP contribution in [0.5, 0.6) is 0 Å². The smallest absolute Gasteiger partial charge is 0.0573 e. The Kier molecular flexibility index (Phi) is 3.14. The van der Waals surface area contributed by atoms with E-state index in [1.807, 2.05) is 24.4 Å². The Bertz CT molecular complexity index is 265. The molecule has 2 nitrogen and oxygen atoms in total. The molecule has 0 amide bonds. The lowest BCUT2D eigenvalue weighted by molar-refractivity contribution is 0.305. The molecule has 0 aliphatic heterocycles. The molecule has 0 bridgehead atoms. The lowest BCUT2D eigenvalue weighted by Crippen LogP contribution is -2.24. The maximum Gasteiger partial charge on any atom is 0.0573 e. The molecule has 2 rings (SSSR count). The Balaban J connectivity index is 2.03. The topological polar surface area (TPSA) is 38.9 Å². The third kappa shape index (κ3) is 2.13. The van der Waals surface area contributed by atoms with E-state index >= 15 is 0 Å². The van der Waals surface area contributed by atoms with Crippen LogP contribution in [0.3, 0.4) is 0 Å². The van der Waals surface area contributed by atoms with Crippen molar-refractivity contribution in [2.24, 2.45) is 11.7 Å². The number of rotatable bonds is 2. The second-order valence-electron chi connectivity index (χ2n) is 4.18. The molecule has 0 spiro atoms. The highest BCUT2D eigenvalue weighted by Gasteiger charge is 2.22. The maximum absolute atomic E-state index is 6.21. The van der Waals surface area contributed by atoms with Crippen LogP contribution < -0.4 is 5.73 Å². The highest BCUT2D eigenvalue weighted by atomic mass is 14.8. The van der Waals surface area contributed by atoms with Crippen LogP contribution in [0.1, 0.15) is 43.8 Å². The summed E-state index contributed by atoms with van der Waals surface area (Å²) in [5.74, 6) is 0.652. The SMILES string of the molecule is N[C@H](c1ccccn1)C1CCCCC1. The number of nitrogens with two attached hydrogens (primary N) is 1. The van der Waals surface area contributed by atoms with Crippen molar-refractivity contribution < 1.29 is 0 Å². The molecule has 1 aromatic rings. The van der Waals surface area contributed by atoms with Crippen molar-refractivity contribution in [1.29, 1.82) is 0 Å². The van der Waals surface area contributed by atoms with Gasteiger partial charge in [0.25, 0.3) is 0 Å². The quantitative estimate of drug-likeness (QED) is 0.778. The summed E-state index contributed by atoms with van der Waals surface area (Å²) in [5, 5.41) is 0. The van der Waals surface area contributed by atoms with E-state index in [9.17, 15) is 0 Å². The van der Waals surface area contributed by atoms with Gasteiger partial charge in [-0.15, -0.1) is 0 Å². The molecule has 0 unspecified atom stereocenters. The summed E-state index contributed by atoms with van der Waals surface area (Å²) in [6.45, 7) is 0. The molecule has 2 heteroatoms. The van der Waals surface area contributed by atoms with E-state index < -0.39 is 0 Å². The average Bonchev–Trinajstić information content (AvgIpc) is 2.30. The van der Waals surface area contributed by atoms with Crippen molar-refractivity contribution >= 4 is 0 Å². The third-order valence-electron chi connectivity index (χ3n) is 3.19. The zero-order valence-corrected chi connectivity index (χ0v) is 8.52. The molecule has 2 N–H and O–H groups in total. The van der Waals surface area contributed by atoms with Crippen LogP contribution in [-0.4, -0.2) is 4.98 Å². The molecule has 76 valence electrons. The molecule has 0 saturated heterocycles. The van der Waals surface area contributed by atoms with E-state index in [1.165, 1.54) is 32.1 Å². The Morgan fingerprint density at radius 1 is 1.21 bits per heavy atom. The van der Waals surface area contributed by atoms with Gasteiger partial charge in [-0.05, 0) is 30.9 Å². The van der Waals surface area contributed by atoms with Gasteiger partial charge in [-0.3, -0.25) is 4.98 Å². The van der Waals surface area contributed by atoms with Crippen molar-refractivity contribution in [3.63, 3.8) is 0 Å². The van der Waals surface area contributed by atoms with E-state index in [0.29, 0.717) is 5.92 Å². The Morgan fingerprint density at radius 3 is 2.64 bits per heavy atom. The van der Waals surface area contributed by atoms with Crippen molar-refractivity contribution in [3.05, 3.63) is 30.1 Å². The molecule has 1 atom stereocenters. The molecule has 0 aromatic carbocycles. The average molecular weight is 190 g/mol. The van der Waals surface area contributed by atoms with Gasteiger partial charge in [0.15, 0.2) is 0 Å². The van der Waals surface area contributed by atoms with Gasteiger partial charge in [-0.25, -0.2) is 0 Å². The molecule has 14 heavy (non-hydrogen) atoms. The Morgan fingerprint density at radius 2 is 2.00 bits per heavy atom. The van der Waals surface area contributed by atoms with E-state index in [2.05, 4.69) is 4.98 Å². The van der Waals surface area contributed by atoms with Crippen molar-refractivity contribution in [2.45, 2.75) is 38.1 Å². The van der Waals surface area contributed by atoms with Gasteiger partial charge in [0.1, 0.15) is 0 Å². The summed E-state index contributed by atoms with van der Waals surface area (Å²) in [4.78, 5) is 4.33. The second-order valence-corrected chi connectivity index (χ2v) is 4.18. The molecular weight excluding hydrogens is 172 g/mol. The van der Waals surface area contributed by atoms with Crippen molar-refractivity contribution in [3.8, 4) is 0 Å². The third-order valence-corrected chi connectivity index (χ3v) is 3.19. The zero-order chi connectivity index (χ0) is 9.80. The van der Waals surface area contributed by atoms with E-state index in [4.69, 9.17) is 5.73 Å². The normalized spacial score (nSPS) is 20.6. The van der Waals surface area contributed by atoms with E-state index in [-0.39, 0.29) is 6.04 Å². The van der Waals surface area contributed by atoms with Crippen LogP contribution in [0.15, 0.2) is 24.4 Å². The van der Waals surface area contributed by atoms with Crippen molar-refractivity contribution in [2.75, 3.05) is 0 Å². The van der Waals surface area contributed by atoms with Crippen LogP contribution in [0, 0.1) is 5.92 Å². The summed E-state index contributed by atoms with van der Waals surface area (Å²) in [6, 6.07) is 6.15. The van der Waals surface area contributed by atoms with E-state index in [0.717, 1.165) is 5.69 Å².